The minimum atomic E-state index is -2.93. The molecular weight excluding hydrogens is 623 g/mol. The van der Waals surface area contributed by atoms with Gasteiger partial charge < -0.3 is 28.5 Å². The number of nitrogens with zero attached hydrogens (tertiary/aromatic N) is 3. The first-order valence-corrected chi connectivity index (χ1v) is 19.0. The van der Waals surface area contributed by atoms with Gasteiger partial charge in [0.25, 0.3) is 8.32 Å². The van der Waals surface area contributed by atoms with E-state index in [-0.39, 0.29) is 35.7 Å². The number of azide groups is 1. The van der Waals surface area contributed by atoms with Crippen LogP contribution in [0.4, 0.5) is 0 Å². The fourth-order valence-electron chi connectivity index (χ4n) is 7.41. The van der Waals surface area contributed by atoms with Crippen molar-refractivity contribution in [1.82, 2.24) is 0 Å². The highest BCUT2D eigenvalue weighted by molar-refractivity contribution is 6.99. The molecule has 3 aromatic carbocycles. The predicted octanol–water partition coefficient (Wildman–Crippen LogP) is 6.58. The van der Waals surface area contributed by atoms with E-state index in [0.717, 1.165) is 15.9 Å². The van der Waals surface area contributed by atoms with Gasteiger partial charge in [0.15, 0.2) is 12.6 Å². The highest BCUT2D eigenvalue weighted by Crippen LogP contribution is 2.40. The SMILES string of the molecule is CC1O[C@@H](O[C@@H]2C(CO[Si](c3ccccc3)(c3ccccc3)C(C)(C)C)OC(O)C(N=[N+]=[N-])[C@H]2C)C(C)[C@H](OCc2ccccc2)[C@@H]1C. The Bertz CT molecular complexity index is 1450. The Kier molecular flexibility index (Phi) is 11.8. The van der Waals surface area contributed by atoms with Crippen LogP contribution >= 0.6 is 0 Å². The monoisotopic (exact) mass is 673 g/mol. The highest BCUT2D eigenvalue weighted by Gasteiger charge is 2.53. The van der Waals surface area contributed by atoms with Crippen molar-refractivity contribution in [3.05, 3.63) is 107 Å². The van der Waals surface area contributed by atoms with Gasteiger partial charge in [-0.05, 0) is 39.3 Å². The van der Waals surface area contributed by atoms with E-state index in [2.05, 4.69) is 105 Å². The van der Waals surface area contributed by atoms with Crippen LogP contribution < -0.4 is 10.4 Å². The molecule has 10 heteroatoms. The summed E-state index contributed by atoms with van der Waals surface area (Å²) in [5.74, 6) is -0.377. The van der Waals surface area contributed by atoms with Crippen LogP contribution in [0.25, 0.3) is 10.4 Å². The second-order valence-electron chi connectivity index (χ2n) is 14.4. The zero-order valence-electron chi connectivity index (χ0n) is 29.2. The van der Waals surface area contributed by atoms with Crippen molar-refractivity contribution in [3.8, 4) is 0 Å². The molecule has 48 heavy (non-hydrogen) atoms. The summed E-state index contributed by atoms with van der Waals surface area (Å²) in [6.45, 7) is 15.5. The number of rotatable bonds is 11. The lowest BCUT2D eigenvalue weighted by molar-refractivity contribution is -0.319. The molecule has 0 saturated carbocycles. The quantitative estimate of drug-likeness (QED) is 0.106. The number of hydrogen-bond acceptors (Lipinski definition) is 7. The van der Waals surface area contributed by atoms with Gasteiger partial charge in [0.2, 0.25) is 0 Å². The van der Waals surface area contributed by atoms with E-state index >= 15 is 0 Å². The molecular formula is C38H51N3O6Si. The summed E-state index contributed by atoms with van der Waals surface area (Å²) in [7, 11) is -2.93. The smallest absolute Gasteiger partial charge is 0.261 e. The maximum Gasteiger partial charge on any atom is 0.261 e. The summed E-state index contributed by atoms with van der Waals surface area (Å²) in [5.41, 5.74) is 10.5. The number of hydrogen-bond donors (Lipinski definition) is 1. The first-order chi connectivity index (χ1) is 23.0. The average Bonchev–Trinajstić information content (AvgIpc) is 3.08. The molecule has 258 valence electrons. The van der Waals surface area contributed by atoms with Gasteiger partial charge in [0, 0.05) is 16.7 Å². The van der Waals surface area contributed by atoms with Gasteiger partial charge in [0.1, 0.15) is 6.10 Å². The zero-order valence-corrected chi connectivity index (χ0v) is 30.2. The van der Waals surface area contributed by atoms with Crippen LogP contribution in [0.2, 0.25) is 5.04 Å². The topological polar surface area (TPSA) is 115 Å². The standard InChI is InChI=1S/C38H51N3O6Si/c1-25-28(4)45-37(27(3)34(25)43-23-29-17-11-8-12-18-29)47-35-26(2)33(40-41-39)36(42)46-32(35)24-44-48(38(5,6)7,30-19-13-9-14-20-30)31-21-15-10-16-22-31/h8-22,25-28,32-37,42H,23-24H2,1-7H3/t25-,26-,27?,28?,32?,33?,34-,35+,36?,37+/m1/s1. The van der Waals surface area contributed by atoms with E-state index in [9.17, 15) is 10.6 Å². The minimum Gasteiger partial charge on any atom is -0.405 e. The van der Waals surface area contributed by atoms with Gasteiger partial charge in [-0.15, -0.1) is 0 Å². The Labute approximate surface area is 286 Å². The Morgan fingerprint density at radius 2 is 1.35 bits per heavy atom. The van der Waals surface area contributed by atoms with Crippen LogP contribution in [0.1, 0.15) is 54.0 Å². The molecule has 5 unspecified atom stereocenters. The van der Waals surface area contributed by atoms with Crippen molar-refractivity contribution in [3.63, 3.8) is 0 Å². The van der Waals surface area contributed by atoms with Gasteiger partial charge in [-0.1, -0.05) is 138 Å². The highest BCUT2D eigenvalue weighted by atomic mass is 28.4. The summed E-state index contributed by atoms with van der Waals surface area (Å²) >= 11 is 0. The summed E-state index contributed by atoms with van der Waals surface area (Å²) in [5, 5.41) is 17.0. The summed E-state index contributed by atoms with van der Waals surface area (Å²) in [6, 6.07) is 30.1. The van der Waals surface area contributed by atoms with Crippen molar-refractivity contribution < 1.29 is 28.5 Å². The molecule has 0 amide bonds. The molecule has 5 rings (SSSR count). The molecule has 0 spiro atoms. The summed E-state index contributed by atoms with van der Waals surface area (Å²) in [6.07, 6.45) is -3.46. The van der Waals surface area contributed by atoms with E-state index in [1.165, 1.54) is 0 Å². The van der Waals surface area contributed by atoms with Crippen LogP contribution in [0.5, 0.6) is 0 Å². The Morgan fingerprint density at radius 3 is 1.90 bits per heavy atom. The van der Waals surface area contributed by atoms with Crippen LogP contribution in [-0.4, -0.2) is 63.1 Å². The molecule has 2 saturated heterocycles. The fourth-order valence-corrected chi connectivity index (χ4v) is 12.0. The van der Waals surface area contributed by atoms with Crippen LogP contribution in [0.3, 0.4) is 0 Å². The van der Waals surface area contributed by atoms with Crippen LogP contribution in [0, 0.1) is 17.8 Å². The lowest BCUT2D eigenvalue weighted by atomic mass is 9.85. The molecule has 10 atom stereocenters. The third-order valence-corrected chi connectivity index (χ3v) is 15.2. The van der Waals surface area contributed by atoms with Gasteiger partial charge in [-0.2, -0.15) is 0 Å². The second kappa shape index (κ2) is 15.7. The first kappa shape index (κ1) is 36.2. The molecule has 2 aliphatic heterocycles. The van der Waals surface area contributed by atoms with E-state index in [4.69, 9.17) is 23.4 Å². The lowest BCUT2D eigenvalue weighted by Gasteiger charge is -2.49. The van der Waals surface area contributed by atoms with Crippen molar-refractivity contribution in [2.45, 2.75) is 103 Å². The maximum absolute atomic E-state index is 11.1. The van der Waals surface area contributed by atoms with Crippen molar-refractivity contribution >= 4 is 18.7 Å². The first-order valence-electron chi connectivity index (χ1n) is 17.1. The average molecular weight is 674 g/mol. The number of aliphatic hydroxyl groups excluding tert-OH is 1. The van der Waals surface area contributed by atoms with Crippen molar-refractivity contribution in [2.24, 2.45) is 22.9 Å². The molecule has 2 fully saturated rings. The molecule has 2 aliphatic rings. The number of ether oxygens (including phenoxy) is 4. The Balaban J connectivity index is 1.45. The largest absolute Gasteiger partial charge is 0.405 e. The lowest BCUT2D eigenvalue weighted by Crippen LogP contribution is -2.68. The molecule has 0 aromatic heterocycles. The fraction of sp³-hybridized carbons (Fsp3) is 0.526. The second-order valence-corrected chi connectivity index (χ2v) is 18.7. The molecule has 9 nitrogen and oxygen atoms in total. The normalized spacial score (nSPS) is 31.2. The van der Waals surface area contributed by atoms with E-state index in [0.29, 0.717) is 6.61 Å². The molecule has 2 heterocycles. The minimum absolute atomic E-state index is 0.116. The Morgan fingerprint density at radius 1 is 0.792 bits per heavy atom. The Hall–Kier alpha value is -3.05. The van der Waals surface area contributed by atoms with Gasteiger partial charge in [-0.3, -0.25) is 0 Å². The predicted molar refractivity (Wildman–Crippen MR) is 189 cm³/mol. The zero-order chi connectivity index (χ0) is 34.5. The van der Waals surface area contributed by atoms with E-state index in [1.807, 2.05) is 44.2 Å². The van der Waals surface area contributed by atoms with Gasteiger partial charge in [-0.25, -0.2) is 0 Å². The maximum atomic E-state index is 11.1. The van der Waals surface area contributed by atoms with E-state index in [1.54, 1.807) is 0 Å². The number of benzene rings is 3. The molecule has 0 aliphatic carbocycles. The summed E-state index contributed by atoms with van der Waals surface area (Å²) < 4.78 is 33.4. The molecule has 0 radical (unpaired) electrons. The van der Waals surface area contributed by atoms with Crippen molar-refractivity contribution in [1.29, 1.82) is 0 Å². The van der Waals surface area contributed by atoms with Gasteiger partial charge in [0.05, 0.1) is 37.6 Å². The number of aliphatic hydroxyl groups is 1. The van der Waals surface area contributed by atoms with Gasteiger partial charge >= 0.3 is 0 Å². The third kappa shape index (κ3) is 7.56. The molecule has 1 N–H and O–H groups in total. The van der Waals surface area contributed by atoms with Crippen LogP contribution in [-0.2, 0) is 30.0 Å². The van der Waals surface area contributed by atoms with E-state index < -0.39 is 45.1 Å². The molecule has 3 aromatic rings. The third-order valence-electron chi connectivity index (χ3n) is 10.2. The van der Waals surface area contributed by atoms with Crippen molar-refractivity contribution in [2.75, 3.05) is 6.61 Å². The summed E-state index contributed by atoms with van der Waals surface area (Å²) in [4.78, 5) is 3.02. The van der Waals surface area contributed by atoms with Crippen LogP contribution in [0.15, 0.2) is 96.1 Å². The molecule has 0 bridgehead atoms.